The molecule has 11 aromatic rings. The molecule has 2 aliphatic carbocycles. The second-order valence-electron chi connectivity index (χ2n) is 16.6. The molecule has 0 saturated carbocycles. The zero-order chi connectivity index (χ0) is 40.1. The molecule has 2 aliphatic rings. The third kappa shape index (κ3) is 4.76. The van der Waals surface area contributed by atoms with E-state index in [1.165, 1.54) is 121 Å². The van der Waals surface area contributed by atoms with Gasteiger partial charge in [-0.2, -0.15) is 0 Å². The van der Waals surface area contributed by atoms with Crippen LogP contribution in [0.5, 0.6) is 0 Å². The third-order valence-electron chi connectivity index (χ3n) is 13.7. The van der Waals surface area contributed by atoms with E-state index < -0.39 is 5.41 Å². The van der Waals surface area contributed by atoms with E-state index in [1.54, 1.807) is 0 Å². The first-order chi connectivity index (χ1) is 30.3. The van der Waals surface area contributed by atoms with E-state index in [2.05, 4.69) is 231 Å². The molecule has 0 heterocycles. The first kappa shape index (κ1) is 34.1. The summed E-state index contributed by atoms with van der Waals surface area (Å²) in [4.78, 5) is 0. The number of fused-ring (bicyclic) bond motifs is 13. The maximum Gasteiger partial charge on any atom is 0.0725 e. The van der Waals surface area contributed by atoms with Crippen molar-refractivity contribution >= 4 is 32.3 Å². The van der Waals surface area contributed by atoms with E-state index in [4.69, 9.17) is 0 Å². The van der Waals surface area contributed by atoms with Crippen LogP contribution in [0, 0.1) is 0 Å². The molecule has 13 rings (SSSR count). The van der Waals surface area contributed by atoms with Gasteiger partial charge < -0.3 is 0 Å². The Morgan fingerprint density at radius 2 is 0.639 bits per heavy atom. The Balaban J connectivity index is 1.10. The minimum Gasteiger partial charge on any atom is -0.0622 e. The van der Waals surface area contributed by atoms with Gasteiger partial charge in [0.25, 0.3) is 0 Å². The van der Waals surface area contributed by atoms with Crippen molar-refractivity contribution in [1.29, 1.82) is 0 Å². The molecule has 0 aliphatic heterocycles. The molecule has 0 radical (unpaired) electrons. The second kappa shape index (κ2) is 13.1. The minimum atomic E-state index is -0.491. The van der Waals surface area contributed by atoms with Crippen molar-refractivity contribution < 1.29 is 0 Å². The topological polar surface area (TPSA) is 0 Å². The lowest BCUT2D eigenvalue weighted by atomic mass is 9.69. The number of hydrogen-bond donors (Lipinski definition) is 0. The van der Waals surface area contributed by atoms with Crippen LogP contribution in [-0.2, 0) is 5.41 Å². The Morgan fingerprint density at radius 1 is 0.213 bits per heavy atom. The Kier molecular flexibility index (Phi) is 7.32. The molecule has 0 N–H and O–H groups in total. The predicted octanol–water partition coefficient (Wildman–Crippen LogP) is 16.2. The van der Waals surface area contributed by atoms with E-state index in [0.717, 1.165) is 0 Å². The standard InChI is InChI=1S/C61H38/c1-2-17-39(18-3-1)44-22-6-7-25-50(44)60-53-28-10-8-26-51(53)59(52-27-9-11-29-54(52)60)42-34-36-49-48-35-33-41(45-30-16-20-40-19-4-5-21-43(40)45)37-57(48)61(58(49)38-42)55-31-14-12-23-46(55)47-24-13-15-32-56(47)61/h1-38H. The molecule has 0 nitrogen and oxygen atoms in total. The monoisotopic (exact) mass is 770 g/mol. The highest BCUT2D eigenvalue weighted by atomic mass is 14.5. The van der Waals surface area contributed by atoms with Gasteiger partial charge in [0, 0.05) is 0 Å². The van der Waals surface area contributed by atoms with Crippen molar-refractivity contribution in [2.75, 3.05) is 0 Å². The molecule has 0 heteroatoms. The summed E-state index contributed by atoms with van der Waals surface area (Å²) in [5.74, 6) is 0. The average molecular weight is 771 g/mol. The molecular formula is C61H38. The molecule has 0 atom stereocenters. The van der Waals surface area contributed by atoms with Gasteiger partial charge >= 0.3 is 0 Å². The maximum atomic E-state index is 2.55. The molecule has 1 spiro atoms. The van der Waals surface area contributed by atoms with Crippen LogP contribution in [0.4, 0.5) is 0 Å². The fourth-order valence-electron chi connectivity index (χ4n) is 11.2. The first-order valence-electron chi connectivity index (χ1n) is 21.3. The molecule has 61 heavy (non-hydrogen) atoms. The van der Waals surface area contributed by atoms with Crippen molar-refractivity contribution in [3.05, 3.63) is 253 Å². The Bertz CT molecular complexity index is 3480. The lowest BCUT2D eigenvalue weighted by Crippen LogP contribution is -2.26. The average Bonchev–Trinajstić information content (AvgIpc) is 3.80. The maximum absolute atomic E-state index is 2.55. The zero-order valence-electron chi connectivity index (χ0n) is 33.4. The highest BCUT2D eigenvalue weighted by Crippen LogP contribution is 2.64. The highest BCUT2D eigenvalue weighted by Gasteiger charge is 2.51. The number of benzene rings is 11. The lowest BCUT2D eigenvalue weighted by molar-refractivity contribution is 0.794. The van der Waals surface area contributed by atoms with Crippen LogP contribution in [0.15, 0.2) is 231 Å². The van der Waals surface area contributed by atoms with Crippen LogP contribution in [-0.4, -0.2) is 0 Å². The van der Waals surface area contributed by atoms with Crippen LogP contribution < -0.4 is 0 Å². The fourth-order valence-corrected chi connectivity index (χ4v) is 11.2. The van der Waals surface area contributed by atoms with E-state index in [1.807, 2.05) is 0 Å². The van der Waals surface area contributed by atoms with E-state index in [0.29, 0.717) is 0 Å². The Morgan fingerprint density at radius 3 is 1.28 bits per heavy atom. The van der Waals surface area contributed by atoms with Gasteiger partial charge in [-0.3, -0.25) is 0 Å². The summed E-state index contributed by atoms with van der Waals surface area (Å²) >= 11 is 0. The van der Waals surface area contributed by atoms with Gasteiger partial charge in [0.1, 0.15) is 0 Å². The van der Waals surface area contributed by atoms with Crippen LogP contribution in [0.3, 0.4) is 0 Å². The quantitative estimate of drug-likeness (QED) is 0.156. The van der Waals surface area contributed by atoms with Gasteiger partial charge in [0.05, 0.1) is 5.41 Å². The van der Waals surface area contributed by atoms with Crippen LogP contribution in [0.25, 0.3) is 99.1 Å². The molecule has 0 bridgehead atoms. The van der Waals surface area contributed by atoms with Crippen molar-refractivity contribution in [3.8, 4) is 66.8 Å². The summed E-state index contributed by atoms with van der Waals surface area (Å²) in [6.07, 6.45) is 0. The van der Waals surface area contributed by atoms with Crippen molar-refractivity contribution in [1.82, 2.24) is 0 Å². The zero-order valence-corrected chi connectivity index (χ0v) is 33.4. The summed E-state index contributed by atoms with van der Waals surface area (Å²) in [5, 5.41) is 7.57. The minimum absolute atomic E-state index is 0.491. The Hall–Kier alpha value is -7.80. The largest absolute Gasteiger partial charge is 0.0725 e. The van der Waals surface area contributed by atoms with E-state index >= 15 is 0 Å². The SMILES string of the molecule is c1ccc(-c2ccccc2-c2c3ccccc3c(-c3ccc4c(c3)C3(c5ccccc5-c5ccccc53)c3cc(-c5cccc6ccccc56)ccc3-4)c3ccccc23)cc1. The predicted molar refractivity (Wildman–Crippen MR) is 257 cm³/mol. The van der Waals surface area contributed by atoms with Crippen LogP contribution >= 0.6 is 0 Å². The summed E-state index contributed by atoms with van der Waals surface area (Å²) in [5.41, 5.74) is 20.2. The molecule has 0 amide bonds. The molecule has 0 saturated heterocycles. The van der Waals surface area contributed by atoms with Crippen molar-refractivity contribution in [2.45, 2.75) is 5.41 Å². The van der Waals surface area contributed by atoms with Crippen molar-refractivity contribution in [3.63, 3.8) is 0 Å². The van der Waals surface area contributed by atoms with E-state index in [-0.39, 0.29) is 0 Å². The summed E-state index contributed by atoms with van der Waals surface area (Å²) in [6.45, 7) is 0. The molecule has 0 unspecified atom stereocenters. The summed E-state index contributed by atoms with van der Waals surface area (Å²) in [6, 6.07) is 86.2. The Labute approximate surface area is 355 Å². The lowest BCUT2D eigenvalue weighted by Gasteiger charge is -2.31. The molecule has 0 aromatic heterocycles. The van der Waals surface area contributed by atoms with Gasteiger partial charge in [-0.05, 0) is 133 Å². The molecule has 282 valence electrons. The third-order valence-corrected chi connectivity index (χ3v) is 13.7. The highest BCUT2D eigenvalue weighted by molar-refractivity contribution is 6.22. The van der Waals surface area contributed by atoms with E-state index in [9.17, 15) is 0 Å². The number of rotatable bonds is 4. The second-order valence-corrected chi connectivity index (χ2v) is 16.6. The van der Waals surface area contributed by atoms with Crippen LogP contribution in [0.1, 0.15) is 22.3 Å². The van der Waals surface area contributed by atoms with Gasteiger partial charge in [-0.25, -0.2) is 0 Å². The van der Waals surface area contributed by atoms with Gasteiger partial charge in [-0.15, -0.1) is 0 Å². The van der Waals surface area contributed by atoms with Gasteiger partial charge in [0.15, 0.2) is 0 Å². The smallest absolute Gasteiger partial charge is 0.0622 e. The summed E-state index contributed by atoms with van der Waals surface area (Å²) < 4.78 is 0. The van der Waals surface area contributed by atoms with Crippen molar-refractivity contribution in [2.24, 2.45) is 0 Å². The molecule has 11 aromatic carbocycles. The van der Waals surface area contributed by atoms with Gasteiger partial charge in [-0.1, -0.05) is 218 Å². The number of hydrogen-bond acceptors (Lipinski definition) is 0. The molecule has 0 fully saturated rings. The fraction of sp³-hybridized carbons (Fsp3) is 0.0164. The normalized spacial score (nSPS) is 13.0. The van der Waals surface area contributed by atoms with Crippen LogP contribution in [0.2, 0.25) is 0 Å². The molecular weight excluding hydrogens is 733 g/mol. The first-order valence-corrected chi connectivity index (χ1v) is 21.3. The van der Waals surface area contributed by atoms with Gasteiger partial charge in [0.2, 0.25) is 0 Å². The summed E-state index contributed by atoms with van der Waals surface area (Å²) in [7, 11) is 0.